The van der Waals surface area contributed by atoms with Gasteiger partial charge < -0.3 is 4.74 Å². The summed E-state index contributed by atoms with van der Waals surface area (Å²) in [6.45, 7) is 22.4. The van der Waals surface area contributed by atoms with Crippen molar-refractivity contribution in [3.63, 3.8) is 0 Å². The van der Waals surface area contributed by atoms with Crippen molar-refractivity contribution < 1.29 is 14.3 Å². The third-order valence-corrected chi connectivity index (χ3v) is 4.79. The maximum Gasteiger partial charge on any atom is 0.298 e. The van der Waals surface area contributed by atoms with Crippen LogP contribution in [0.1, 0.15) is 83.7 Å². The molecule has 0 N–H and O–H groups in total. The predicted octanol–water partition coefficient (Wildman–Crippen LogP) is 6.98. The fourth-order valence-electron chi connectivity index (χ4n) is 3.58. The lowest BCUT2D eigenvalue weighted by molar-refractivity contribution is -0.120. The molecule has 178 valence electrons. The second-order valence-electron chi connectivity index (χ2n) is 9.03. The molecule has 1 atom stereocenters. The van der Waals surface area contributed by atoms with Crippen LogP contribution in [0.4, 0.5) is 0 Å². The van der Waals surface area contributed by atoms with Crippen LogP contribution in [0.5, 0.6) is 5.75 Å². The summed E-state index contributed by atoms with van der Waals surface area (Å²) in [6.07, 6.45) is 9.38. The standard InChI is InChI=1S/C24H33NO3.C4H10/c1-7-9-21(10-8-2)22(13-14-25(18(3)4)19(5)6)23-15-20(16-26)11-12-24(23)28-17-27;1-4(2)3/h7-12,15-19,22H,1,13-14H2,2-6H3;4H,1-3H3/b10-8-,21-9+;. The quantitative estimate of drug-likeness (QED) is 0.259. The molecule has 0 saturated heterocycles. The molecule has 0 heterocycles. The van der Waals surface area contributed by atoms with Gasteiger partial charge in [-0.05, 0) is 77.3 Å². The van der Waals surface area contributed by atoms with E-state index in [-0.39, 0.29) is 5.92 Å². The first-order valence-electron chi connectivity index (χ1n) is 11.5. The van der Waals surface area contributed by atoms with Gasteiger partial charge in [-0.25, -0.2) is 0 Å². The number of carbonyl (C=O) groups excluding carboxylic acids is 2. The Morgan fingerprint density at radius 2 is 1.66 bits per heavy atom. The average molecular weight is 442 g/mol. The van der Waals surface area contributed by atoms with Crippen molar-refractivity contribution in [1.82, 2.24) is 4.90 Å². The van der Waals surface area contributed by atoms with Gasteiger partial charge in [0, 0.05) is 29.1 Å². The van der Waals surface area contributed by atoms with E-state index in [0.29, 0.717) is 29.9 Å². The molecule has 1 unspecified atom stereocenters. The van der Waals surface area contributed by atoms with E-state index in [9.17, 15) is 9.59 Å². The minimum absolute atomic E-state index is 0.0379. The summed E-state index contributed by atoms with van der Waals surface area (Å²) in [5.74, 6) is 1.27. The Balaban J connectivity index is 0.00000220. The largest absolute Gasteiger partial charge is 0.428 e. The number of aldehydes is 1. The van der Waals surface area contributed by atoms with Crippen molar-refractivity contribution in [1.29, 1.82) is 0 Å². The predicted molar refractivity (Wildman–Crippen MR) is 136 cm³/mol. The molecule has 0 fully saturated rings. The van der Waals surface area contributed by atoms with Crippen molar-refractivity contribution in [3.05, 3.63) is 65.8 Å². The van der Waals surface area contributed by atoms with Crippen molar-refractivity contribution in [2.75, 3.05) is 6.54 Å². The lowest BCUT2D eigenvalue weighted by Crippen LogP contribution is -2.38. The van der Waals surface area contributed by atoms with E-state index in [1.165, 1.54) is 0 Å². The monoisotopic (exact) mass is 441 g/mol. The Morgan fingerprint density at radius 1 is 1.06 bits per heavy atom. The van der Waals surface area contributed by atoms with Crippen LogP contribution < -0.4 is 4.74 Å². The number of ether oxygens (including phenoxy) is 1. The Labute approximate surface area is 196 Å². The second-order valence-corrected chi connectivity index (χ2v) is 9.03. The van der Waals surface area contributed by atoms with E-state index in [2.05, 4.69) is 59.9 Å². The van der Waals surface area contributed by atoms with Crippen molar-refractivity contribution in [2.24, 2.45) is 5.92 Å². The topological polar surface area (TPSA) is 46.6 Å². The van der Waals surface area contributed by atoms with Gasteiger partial charge in [0.15, 0.2) is 0 Å². The van der Waals surface area contributed by atoms with Gasteiger partial charge in [-0.15, -0.1) is 0 Å². The van der Waals surface area contributed by atoms with Crippen LogP contribution in [0.3, 0.4) is 0 Å². The third-order valence-electron chi connectivity index (χ3n) is 4.79. The number of carbonyl (C=O) groups is 2. The Hall–Kier alpha value is -2.46. The molecule has 0 aliphatic carbocycles. The van der Waals surface area contributed by atoms with Gasteiger partial charge in [0.1, 0.15) is 12.0 Å². The van der Waals surface area contributed by atoms with E-state index < -0.39 is 0 Å². The Bertz CT molecular complexity index is 749. The van der Waals surface area contributed by atoms with Crippen LogP contribution in [0.25, 0.3) is 0 Å². The van der Waals surface area contributed by atoms with E-state index in [4.69, 9.17) is 4.74 Å². The van der Waals surface area contributed by atoms with E-state index in [1.807, 2.05) is 31.2 Å². The summed E-state index contributed by atoms with van der Waals surface area (Å²) in [6, 6.07) is 5.99. The molecule has 1 aromatic rings. The molecular weight excluding hydrogens is 398 g/mol. The molecule has 0 amide bonds. The number of hydrogen-bond donors (Lipinski definition) is 0. The smallest absolute Gasteiger partial charge is 0.298 e. The lowest BCUT2D eigenvalue weighted by atomic mass is 9.85. The maximum atomic E-state index is 11.4. The van der Waals surface area contributed by atoms with Gasteiger partial charge in [0.2, 0.25) is 0 Å². The maximum absolute atomic E-state index is 11.4. The summed E-state index contributed by atoms with van der Waals surface area (Å²) < 4.78 is 5.24. The van der Waals surface area contributed by atoms with Gasteiger partial charge in [0.05, 0.1) is 0 Å². The van der Waals surface area contributed by atoms with E-state index >= 15 is 0 Å². The minimum atomic E-state index is -0.0379. The second kappa shape index (κ2) is 16.2. The SMILES string of the molecule is C=C/C=C(\C=C/C)C(CCN(C(C)C)C(C)C)c1cc(C=O)ccc1OC=O.CC(C)C. The Morgan fingerprint density at radius 3 is 2.09 bits per heavy atom. The highest BCUT2D eigenvalue weighted by Gasteiger charge is 2.23. The highest BCUT2D eigenvalue weighted by Crippen LogP contribution is 2.36. The van der Waals surface area contributed by atoms with Gasteiger partial charge >= 0.3 is 0 Å². The molecule has 0 saturated carbocycles. The number of rotatable bonds is 12. The van der Waals surface area contributed by atoms with Gasteiger partial charge in [-0.3, -0.25) is 14.5 Å². The van der Waals surface area contributed by atoms with Crippen LogP contribution >= 0.6 is 0 Å². The summed E-state index contributed by atoms with van der Waals surface area (Å²) in [4.78, 5) is 24.8. The molecule has 4 nitrogen and oxygen atoms in total. The molecule has 0 aromatic heterocycles. The fourth-order valence-corrected chi connectivity index (χ4v) is 3.58. The molecule has 0 radical (unpaired) electrons. The normalized spacial score (nSPS) is 12.8. The molecule has 1 rings (SSSR count). The summed E-state index contributed by atoms with van der Waals surface area (Å²) in [5, 5.41) is 0. The highest BCUT2D eigenvalue weighted by molar-refractivity contribution is 5.76. The molecule has 0 aliphatic rings. The van der Waals surface area contributed by atoms with Crippen LogP contribution in [0, 0.1) is 5.92 Å². The van der Waals surface area contributed by atoms with Crippen molar-refractivity contribution in [2.45, 2.75) is 79.8 Å². The van der Waals surface area contributed by atoms with Gasteiger partial charge in [-0.1, -0.05) is 51.7 Å². The van der Waals surface area contributed by atoms with Gasteiger partial charge in [-0.2, -0.15) is 0 Å². The fraction of sp³-hybridized carbons (Fsp3) is 0.500. The molecule has 1 aromatic carbocycles. The van der Waals surface area contributed by atoms with E-state index in [1.54, 1.807) is 18.2 Å². The van der Waals surface area contributed by atoms with E-state index in [0.717, 1.165) is 36.3 Å². The zero-order chi connectivity index (χ0) is 24.7. The van der Waals surface area contributed by atoms with Crippen LogP contribution in [0.15, 0.2) is 54.7 Å². The molecule has 4 heteroatoms. The first kappa shape index (κ1) is 29.5. The highest BCUT2D eigenvalue weighted by atomic mass is 16.5. The van der Waals surface area contributed by atoms with Crippen LogP contribution in [0.2, 0.25) is 0 Å². The number of nitrogens with zero attached hydrogens (tertiary/aromatic N) is 1. The first-order chi connectivity index (χ1) is 15.1. The number of allylic oxidation sites excluding steroid dienone is 5. The van der Waals surface area contributed by atoms with Crippen molar-refractivity contribution >= 4 is 12.8 Å². The summed E-state index contributed by atoms with van der Waals surface area (Å²) in [7, 11) is 0. The lowest BCUT2D eigenvalue weighted by Gasteiger charge is -2.32. The van der Waals surface area contributed by atoms with Crippen LogP contribution in [-0.4, -0.2) is 36.3 Å². The average Bonchev–Trinajstić information content (AvgIpc) is 2.71. The third kappa shape index (κ3) is 10.7. The number of hydrogen-bond acceptors (Lipinski definition) is 4. The molecule has 0 bridgehead atoms. The van der Waals surface area contributed by atoms with Gasteiger partial charge in [0.25, 0.3) is 6.47 Å². The molecular formula is C28H43NO3. The molecule has 32 heavy (non-hydrogen) atoms. The zero-order valence-corrected chi connectivity index (χ0v) is 21.3. The summed E-state index contributed by atoms with van der Waals surface area (Å²) in [5.41, 5.74) is 2.44. The molecule has 0 aliphatic heterocycles. The van der Waals surface area contributed by atoms with Crippen molar-refractivity contribution in [3.8, 4) is 5.75 Å². The zero-order valence-electron chi connectivity index (χ0n) is 21.3. The Kier molecular flexibility index (Phi) is 15.0. The number of benzene rings is 1. The summed E-state index contributed by atoms with van der Waals surface area (Å²) >= 11 is 0. The molecule has 0 spiro atoms. The van der Waals surface area contributed by atoms with Crippen LogP contribution in [-0.2, 0) is 4.79 Å². The minimum Gasteiger partial charge on any atom is -0.428 e. The first-order valence-corrected chi connectivity index (χ1v) is 11.5.